The number of methoxy groups -OCH3 is 1. The maximum atomic E-state index is 14.1. The van der Waals surface area contributed by atoms with Crippen molar-refractivity contribution < 1.29 is 43.5 Å². The molecule has 3 heterocycles. The van der Waals surface area contributed by atoms with Gasteiger partial charge in [0.25, 0.3) is 0 Å². The lowest BCUT2D eigenvalue weighted by molar-refractivity contribution is -0.179. The third-order valence-corrected chi connectivity index (χ3v) is 10.2. The predicted octanol–water partition coefficient (Wildman–Crippen LogP) is 5.31. The second-order valence-corrected chi connectivity index (χ2v) is 14.2. The second kappa shape index (κ2) is 14.5. The molecule has 1 aromatic carbocycles. The Balaban J connectivity index is 1.37. The van der Waals surface area contributed by atoms with Crippen molar-refractivity contribution in [2.75, 3.05) is 33.6 Å². The van der Waals surface area contributed by atoms with E-state index < -0.39 is 41.2 Å². The molecule has 0 aromatic heterocycles. The van der Waals surface area contributed by atoms with Crippen LogP contribution >= 0.6 is 0 Å². The molecule has 46 heavy (non-hydrogen) atoms. The highest BCUT2D eigenvalue weighted by molar-refractivity contribution is 5.86. The molecule has 0 bridgehead atoms. The fraction of sp³-hybridized carbons (Fsp3) is 0.722. The topological polar surface area (TPSA) is 124 Å². The normalized spacial score (nSPS) is 24.7. The number of hydrogen-bond donors (Lipinski definition) is 2. The highest BCUT2D eigenvalue weighted by Gasteiger charge is 2.59. The van der Waals surface area contributed by atoms with Gasteiger partial charge in [0.05, 0.1) is 37.2 Å². The van der Waals surface area contributed by atoms with E-state index in [9.17, 15) is 19.8 Å². The molecule has 0 amide bonds. The van der Waals surface area contributed by atoms with Crippen molar-refractivity contribution in [1.29, 1.82) is 0 Å². The number of unbranched alkanes of at least 4 members (excludes halogenated alkanes) is 5. The quantitative estimate of drug-likeness (QED) is 0.181. The van der Waals surface area contributed by atoms with Crippen LogP contribution in [0.3, 0.4) is 0 Å². The molecule has 4 atom stereocenters. The number of aliphatic hydroxyl groups is 2. The molecule has 1 aliphatic carbocycles. The van der Waals surface area contributed by atoms with Gasteiger partial charge in [-0.05, 0) is 94.7 Å². The van der Waals surface area contributed by atoms with E-state index in [0.29, 0.717) is 30.1 Å². The van der Waals surface area contributed by atoms with E-state index in [1.807, 2.05) is 12.1 Å². The highest BCUT2D eigenvalue weighted by Crippen LogP contribution is 2.55. The van der Waals surface area contributed by atoms with Crippen LogP contribution in [0.5, 0.6) is 11.5 Å². The van der Waals surface area contributed by atoms with E-state index in [-0.39, 0.29) is 25.7 Å². The van der Waals surface area contributed by atoms with Gasteiger partial charge in [-0.1, -0.05) is 39.0 Å². The van der Waals surface area contributed by atoms with Crippen LogP contribution in [0, 0.1) is 0 Å². The lowest BCUT2D eigenvalue weighted by atomic mass is 9.77. The summed E-state index contributed by atoms with van der Waals surface area (Å²) in [5, 5.41) is 22.2. The average Bonchev–Trinajstić information content (AvgIpc) is 3.69. The lowest BCUT2D eigenvalue weighted by Gasteiger charge is -2.39. The molecule has 256 valence electrons. The molecule has 1 saturated heterocycles. The monoisotopic (exact) mass is 643 g/mol. The minimum Gasteiger partial charge on any atom is -0.497 e. The van der Waals surface area contributed by atoms with Crippen molar-refractivity contribution in [1.82, 2.24) is 4.90 Å². The van der Waals surface area contributed by atoms with Crippen LogP contribution < -0.4 is 9.47 Å². The molecule has 2 unspecified atom stereocenters. The van der Waals surface area contributed by atoms with Crippen molar-refractivity contribution in [2.24, 2.45) is 0 Å². The van der Waals surface area contributed by atoms with Crippen LogP contribution in [0.15, 0.2) is 24.0 Å². The van der Waals surface area contributed by atoms with Gasteiger partial charge >= 0.3 is 11.9 Å². The first-order valence-electron chi connectivity index (χ1n) is 17.3. The SMILES string of the molecule is CCCCCCCCOC(=O)CC(O)(CCCC(C)(C)O)C(=O)OC1C(OC)=C[C@]23CCCN2CCc2cc4c(cc2[C@H]13)OCO4. The maximum Gasteiger partial charge on any atom is 0.339 e. The van der Waals surface area contributed by atoms with Gasteiger partial charge in [0.2, 0.25) is 6.79 Å². The van der Waals surface area contributed by atoms with Crippen LogP contribution in [-0.4, -0.2) is 83.5 Å². The van der Waals surface area contributed by atoms with Crippen LogP contribution in [-0.2, 0) is 30.2 Å². The zero-order chi connectivity index (χ0) is 33.0. The molecule has 0 saturated carbocycles. The first kappa shape index (κ1) is 34.5. The average molecular weight is 644 g/mol. The summed E-state index contributed by atoms with van der Waals surface area (Å²) >= 11 is 0. The number of carbonyl (C=O) groups is 2. The minimum atomic E-state index is -2.13. The van der Waals surface area contributed by atoms with Gasteiger partial charge in [-0.2, -0.15) is 0 Å². The van der Waals surface area contributed by atoms with Crippen molar-refractivity contribution in [3.63, 3.8) is 0 Å². The van der Waals surface area contributed by atoms with Crippen LogP contribution in [0.1, 0.15) is 115 Å². The first-order valence-corrected chi connectivity index (χ1v) is 17.3. The van der Waals surface area contributed by atoms with Crippen LogP contribution in [0.2, 0.25) is 0 Å². The molecule has 10 heteroatoms. The molecule has 2 N–H and O–H groups in total. The standard InChI is InChI=1S/C36H53NO9/c1-5-6-7-8-9-10-19-43-30(38)23-36(41,16-11-14-34(2,3)40)33(39)46-32-29(42-4)22-35-15-12-17-37(35)18-13-25-20-27-28(45-24-44-27)21-26(25)31(32)35/h20-22,31-32,40-41H,5-19,23-24H2,1-4H3/t31-,32?,35+,36?/m1/s1. The summed E-state index contributed by atoms with van der Waals surface area (Å²) in [6.45, 7) is 7.67. The number of hydrogen-bond acceptors (Lipinski definition) is 10. The summed E-state index contributed by atoms with van der Waals surface area (Å²) in [5.41, 5.74) is -1.43. The molecule has 1 fully saturated rings. The number of ether oxygens (including phenoxy) is 5. The number of fused-ring (bicyclic) bond motifs is 3. The molecule has 5 rings (SSSR count). The van der Waals surface area contributed by atoms with Gasteiger partial charge in [-0.3, -0.25) is 9.69 Å². The Labute approximate surface area is 273 Å². The Morgan fingerprint density at radius 2 is 1.76 bits per heavy atom. The minimum absolute atomic E-state index is 0.0576. The second-order valence-electron chi connectivity index (χ2n) is 14.2. The zero-order valence-electron chi connectivity index (χ0n) is 28.1. The van der Waals surface area contributed by atoms with Gasteiger partial charge in [0.1, 0.15) is 5.76 Å². The number of esters is 2. The zero-order valence-corrected chi connectivity index (χ0v) is 28.1. The Hall–Kier alpha value is -2.82. The Morgan fingerprint density at radius 3 is 2.50 bits per heavy atom. The number of rotatable bonds is 16. The van der Waals surface area contributed by atoms with Gasteiger partial charge in [0, 0.05) is 6.54 Å². The Kier molecular flexibility index (Phi) is 10.9. The summed E-state index contributed by atoms with van der Waals surface area (Å²) < 4.78 is 29.1. The van der Waals surface area contributed by atoms with Crippen molar-refractivity contribution in [3.8, 4) is 11.5 Å². The number of nitrogens with zero attached hydrogens (tertiary/aromatic N) is 1. The van der Waals surface area contributed by atoms with E-state index in [1.54, 1.807) is 21.0 Å². The number of carbonyl (C=O) groups excluding carboxylic acids is 2. The summed E-state index contributed by atoms with van der Waals surface area (Å²) in [5.74, 6) is 0.0629. The smallest absolute Gasteiger partial charge is 0.339 e. The third-order valence-electron chi connectivity index (χ3n) is 10.2. The summed E-state index contributed by atoms with van der Waals surface area (Å²) in [6, 6.07) is 4.04. The number of benzene rings is 1. The highest BCUT2D eigenvalue weighted by atomic mass is 16.7. The molecule has 1 aromatic rings. The predicted molar refractivity (Wildman–Crippen MR) is 172 cm³/mol. The third kappa shape index (κ3) is 7.50. The Bertz CT molecular complexity index is 1270. The molecular formula is C36H53NO9. The maximum absolute atomic E-state index is 14.1. The summed E-state index contributed by atoms with van der Waals surface area (Å²) in [6.07, 6.45) is 10.3. The first-order chi connectivity index (χ1) is 22.0. The molecule has 3 aliphatic heterocycles. The largest absolute Gasteiger partial charge is 0.497 e. The van der Waals surface area contributed by atoms with Gasteiger partial charge in [0.15, 0.2) is 23.2 Å². The van der Waals surface area contributed by atoms with Crippen molar-refractivity contribution >= 4 is 11.9 Å². The lowest BCUT2D eigenvalue weighted by Crippen LogP contribution is -2.49. The van der Waals surface area contributed by atoms with Crippen molar-refractivity contribution in [3.05, 3.63) is 35.1 Å². The Morgan fingerprint density at radius 1 is 1.02 bits per heavy atom. The van der Waals surface area contributed by atoms with Crippen LogP contribution in [0.4, 0.5) is 0 Å². The van der Waals surface area contributed by atoms with E-state index in [4.69, 9.17) is 23.7 Å². The molecular weight excluding hydrogens is 590 g/mol. The van der Waals surface area contributed by atoms with Crippen molar-refractivity contribution in [2.45, 2.75) is 133 Å². The fourth-order valence-electron chi connectivity index (χ4n) is 7.75. The van der Waals surface area contributed by atoms with Crippen LogP contribution in [0.25, 0.3) is 0 Å². The van der Waals surface area contributed by atoms with E-state index >= 15 is 0 Å². The summed E-state index contributed by atoms with van der Waals surface area (Å²) in [7, 11) is 1.57. The molecule has 0 radical (unpaired) electrons. The van der Waals surface area contributed by atoms with E-state index in [0.717, 1.165) is 75.6 Å². The summed E-state index contributed by atoms with van der Waals surface area (Å²) in [4.78, 5) is 29.6. The van der Waals surface area contributed by atoms with E-state index in [2.05, 4.69) is 17.9 Å². The fourth-order valence-corrected chi connectivity index (χ4v) is 7.75. The van der Waals surface area contributed by atoms with Gasteiger partial charge in [-0.25, -0.2) is 4.79 Å². The van der Waals surface area contributed by atoms with E-state index in [1.165, 1.54) is 6.42 Å². The molecule has 4 aliphatic rings. The van der Waals surface area contributed by atoms with Gasteiger partial charge in [-0.15, -0.1) is 0 Å². The molecule has 10 nitrogen and oxygen atoms in total. The van der Waals surface area contributed by atoms with Gasteiger partial charge < -0.3 is 33.9 Å². The molecule has 1 spiro atoms.